The highest BCUT2D eigenvalue weighted by Crippen LogP contribution is 2.35. The van der Waals surface area contributed by atoms with Gasteiger partial charge in [0.2, 0.25) is 0 Å². The van der Waals surface area contributed by atoms with Crippen LogP contribution in [0.1, 0.15) is 12.8 Å². The molecule has 0 spiro atoms. The molecule has 1 aromatic heterocycles. The van der Waals surface area contributed by atoms with Crippen molar-refractivity contribution in [3.63, 3.8) is 0 Å². The summed E-state index contributed by atoms with van der Waals surface area (Å²) in [7, 11) is 1.43. The van der Waals surface area contributed by atoms with Gasteiger partial charge in [0.1, 0.15) is 17.9 Å². The van der Waals surface area contributed by atoms with Gasteiger partial charge < -0.3 is 14.7 Å². The number of methoxy groups -OCH3 is 1. The van der Waals surface area contributed by atoms with Crippen LogP contribution in [0.4, 0.5) is 5.82 Å². The Morgan fingerprint density at radius 2 is 2.00 bits per heavy atom. The van der Waals surface area contributed by atoms with Crippen LogP contribution in [0.15, 0.2) is 48.8 Å². The second-order valence-electron chi connectivity index (χ2n) is 6.75. The lowest BCUT2D eigenvalue weighted by Gasteiger charge is -2.33. The largest absolute Gasteiger partial charge is 0.508 e. The lowest BCUT2D eigenvalue weighted by atomic mass is 9.96. The number of fused-ring (bicyclic) bond motifs is 1. The molecule has 2 heterocycles. The molecule has 1 unspecified atom stereocenters. The fourth-order valence-electron chi connectivity index (χ4n) is 3.74. The fourth-order valence-corrected chi connectivity index (χ4v) is 3.74. The van der Waals surface area contributed by atoms with Crippen molar-refractivity contribution >= 4 is 22.7 Å². The Morgan fingerprint density at radius 1 is 1.19 bits per heavy atom. The fraction of sp³-hybridized carbons (Fsp3) is 0.286. The summed E-state index contributed by atoms with van der Waals surface area (Å²) in [5, 5.41) is 10.6. The number of carbonyl (C=O) groups is 1. The number of rotatable bonds is 3. The van der Waals surface area contributed by atoms with Crippen LogP contribution in [0, 0.1) is 5.92 Å². The van der Waals surface area contributed by atoms with E-state index in [1.807, 2.05) is 30.3 Å². The zero-order chi connectivity index (χ0) is 18.8. The second kappa shape index (κ2) is 7.23. The molecule has 2 aromatic carbocycles. The van der Waals surface area contributed by atoms with Gasteiger partial charge in [-0.2, -0.15) is 0 Å². The molecule has 0 saturated carbocycles. The van der Waals surface area contributed by atoms with Crippen molar-refractivity contribution in [2.24, 2.45) is 5.92 Å². The molecule has 138 valence electrons. The molecule has 1 saturated heterocycles. The first-order valence-electron chi connectivity index (χ1n) is 9.03. The summed E-state index contributed by atoms with van der Waals surface area (Å²) >= 11 is 0. The number of aromatic hydroxyl groups is 1. The Labute approximate surface area is 157 Å². The summed E-state index contributed by atoms with van der Waals surface area (Å²) in [6, 6.07) is 13.1. The van der Waals surface area contributed by atoms with E-state index in [4.69, 9.17) is 4.74 Å². The Hall–Kier alpha value is -3.15. The van der Waals surface area contributed by atoms with Crippen LogP contribution in [0.5, 0.6) is 5.75 Å². The molecule has 6 heteroatoms. The van der Waals surface area contributed by atoms with Gasteiger partial charge in [0, 0.05) is 13.1 Å². The highest BCUT2D eigenvalue weighted by Gasteiger charge is 2.28. The van der Waals surface area contributed by atoms with Crippen molar-refractivity contribution in [2.75, 3.05) is 25.1 Å². The van der Waals surface area contributed by atoms with Gasteiger partial charge in [0.15, 0.2) is 0 Å². The third kappa shape index (κ3) is 3.30. The molecule has 6 nitrogen and oxygen atoms in total. The summed E-state index contributed by atoms with van der Waals surface area (Å²) in [4.78, 5) is 23.2. The van der Waals surface area contributed by atoms with Crippen LogP contribution in [0.3, 0.4) is 0 Å². The molecule has 0 amide bonds. The first-order chi connectivity index (χ1) is 13.2. The number of hydrogen-bond acceptors (Lipinski definition) is 6. The van der Waals surface area contributed by atoms with E-state index >= 15 is 0 Å². The summed E-state index contributed by atoms with van der Waals surface area (Å²) in [5.41, 5.74) is 2.84. The van der Waals surface area contributed by atoms with Crippen molar-refractivity contribution in [3.05, 3.63) is 48.8 Å². The van der Waals surface area contributed by atoms with Gasteiger partial charge in [-0.25, -0.2) is 9.97 Å². The highest BCUT2D eigenvalue weighted by atomic mass is 16.5. The third-order valence-corrected chi connectivity index (χ3v) is 5.08. The normalized spacial score (nSPS) is 17.1. The van der Waals surface area contributed by atoms with Gasteiger partial charge in [-0.1, -0.05) is 24.3 Å². The van der Waals surface area contributed by atoms with Crippen molar-refractivity contribution < 1.29 is 14.6 Å². The number of phenolic OH excluding ortho intramolecular Hbond substituents is 1. The first kappa shape index (κ1) is 17.3. The average Bonchev–Trinajstić information content (AvgIpc) is 2.73. The summed E-state index contributed by atoms with van der Waals surface area (Å²) in [6.07, 6.45) is 3.31. The van der Waals surface area contributed by atoms with Crippen LogP contribution >= 0.6 is 0 Å². The molecule has 1 aliphatic rings. The molecule has 3 aromatic rings. The van der Waals surface area contributed by atoms with E-state index in [0.717, 1.165) is 47.2 Å². The Balaban J connectivity index is 1.81. The van der Waals surface area contributed by atoms with Crippen LogP contribution in [0.25, 0.3) is 22.0 Å². The highest BCUT2D eigenvalue weighted by molar-refractivity contribution is 6.02. The van der Waals surface area contributed by atoms with Gasteiger partial charge in [0.05, 0.1) is 23.9 Å². The van der Waals surface area contributed by atoms with Gasteiger partial charge in [-0.3, -0.25) is 4.79 Å². The number of aromatic nitrogens is 2. The summed E-state index contributed by atoms with van der Waals surface area (Å²) < 4.78 is 4.94. The molecular weight excluding hydrogens is 342 g/mol. The molecule has 4 rings (SSSR count). The number of ether oxygens (including phenoxy) is 1. The standard InChI is InChI=1S/C21H21N3O3/c1-27-21(26)15-4-3-11-24(12-15)20-19-17(14-7-9-16(25)10-8-14)5-2-6-18(19)22-13-23-20/h2,5-10,13,15,25H,3-4,11-12H2,1H3. The quantitative estimate of drug-likeness (QED) is 0.719. The number of esters is 1. The topological polar surface area (TPSA) is 75.5 Å². The maximum absolute atomic E-state index is 12.0. The number of benzene rings is 2. The van der Waals surface area contributed by atoms with E-state index in [-0.39, 0.29) is 17.6 Å². The molecular formula is C21H21N3O3. The number of anilines is 1. The lowest BCUT2D eigenvalue weighted by Crippen LogP contribution is -2.39. The molecule has 0 radical (unpaired) electrons. The molecule has 1 N–H and O–H groups in total. The van der Waals surface area contributed by atoms with Gasteiger partial charge >= 0.3 is 5.97 Å². The Bertz CT molecular complexity index is 967. The Morgan fingerprint density at radius 3 is 2.78 bits per heavy atom. The monoisotopic (exact) mass is 363 g/mol. The van der Waals surface area contributed by atoms with Crippen LogP contribution in [0.2, 0.25) is 0 Å². The van der Waals surface area contributed by atoms with Gasteiger partial charge in [-0.15, -0.1) is 0 Å². The number of hydrogen-bond donors (Lipinski definition) is 1. The van der Waals surface area contributed by atoms with Crippen LogP contribution < -0.4 is 4.90 Å². The minimum Gasteiger partial charge on any atom is -0.508 e. The maximum Gasteiger partial charge on any atom is 0.310 e. The first-order valence-corrected chi connectivity index (χ1v) is 9.03. The zero-order valence-corrected chi connectivity index (χ0v) is 15.1. The van der Waals surface area contributed by atoms with Crippen molar-refractivity contribution in [2.45, 2.75) is 12.8 Å². The van der Waals surface area contributed by atoms with E-state index in [2.05, 4.69) is 14.9 Å². The summed E-state index contributed by atoms with van der Waals surface area (Å²) in [6.45, 7) is 1.42. The van der Waals surface area contributed by atoms with Crippen molar-refractivity contribution in [1.29, 1.82) is 0 Å². The van der Waals surface area contributed by atoms with E-state index in [1.54, 1.807) is 18.5 Å². The minimum absolute atomic E-state index is 0.144. The number of piperidine rings is 1. The van der Waals surface area contributed by atoms with Crippen molar-refractivity contribution in [1.82, 2.24) is 9.97 Å². The minimum atomic E-state index is -0.170. The SMILES string of the molecule is COC(=O)C1CCCN(c2ncnc3cccc(-c4ccc(O)cc4)c23)C1. The van der Waals surface area contributed by atoms with Gasteiger partial charge in [0.25, 0.3) is 0 Å². The predicted octanol–water partition coefficient (Wildman–Crippen LogP) is 3.39. The van der Waals surface area contributed by atoms with E-state index in [1.165, 1.54) is 7.11 Å². The zero-order valence-electron chi connectivity index (χ0n) is 15.1. The van der Waals surface area contributed by atoms with E-state index in [0.29, 0.717) is 6.54 Å². The third-order valence-electron chi connectivity index (χ3n) is 5.08. The number of phenols is 1. The molecule has 0 bridgehead atoms. The van der Waals surface area contributed by atoms with Crippen LogP contribution in [-0.4, -0.2) is 41.2 Å². The maximum atomic E-state index is 12.0. The van der Waals surface area contributed by atoms with Crippen LogP contribution in [-0.2, 0) is 9.53 Å². The number of nitrogens with zero attached hydrogens (tertiary/aromatic N) is 3. The molecule has 1 fully saturated rings. The number of carbonyl (C=O) groups excluding carboxylic acids is 1. The Kier molecular flexibility index (Phi) is 4.62. The molecule has 27 heavy (non-hydrogen) atoms. The van der Waals surface area contributed by atoms with Gasteiger partial charge in [-0.05, 0) is 42.2 Å². The van der Waals surface area contributed by atoms with E-state index in [9.17, 15) is 9.90 Å². The lowest BCUT2D eigenvalue weighted by molar-refractivity contribution is -0.145. The predicted molar refractivity (Wildman–Crippen MR) is 104 cm³/mol. The second-order valence-corrected chi connectivity index (χ2v) is 6.75. The molecule has 1 atom stereocenters. The molecule has 1 aliphatic heterocycles. The van der Waals surface area contributed by atoms with E-state index < -0.39 is 0 Å². The summed E-state index contributed by atoms with van der Waals surface area (Å²) in [5.74, 6) is 0.746. The smallest absolute Gasteiger partial charge is 0.310 e. The van der Waals surface area contributed by atoms with Crippen molar-refractivity contribution in [3.8, 4) is 16.9 Å². The molecule has 0 aliphatic carbocycles. The average molecular weight is 363 g/mol.